The molecule has 16 heavy (non-hydrogen) atoms. The molecule has 0 aliphatic heterocycles. The first kappa shape index (κ1) is 14.4. The third-order valence-electron chi connectivity index (χ3n) is 1.53. The summed E-state index contributed by atoms with van der Waals surface area (Å²) in [4.78, 5) is 23.0. The van der Waals surface area contributed by atoms with Gasteiger partial charge in [-0.15, -0.1) is 0 Å². The van der Waals surface area contributed by atoms with Crippen molar-refractivity contribution in [2.24, 2.45) is 0 Å². The summed E-state index contributed by atoms with van der Waals surface area (Å²) in [5, 5.41) is 19.5. The number of thiol groups is 1. The molecular weight excluding hydrogens is 232 g/mol. The lowest BCUT2D eigenvalue weighted by molar-refractivity contribution is -0.385. The predicted octanol–water partition coefficient (Wildman–Crippen LogP) is 0.218. The third kappa shape index (κ3) is 5.30. The fourth-order valence-electron chi connectivity index (χ4n) is 0.868. The molecule has 0 amide bonds. The molecule has 0 bridgehead atoms. The molecule has 0 unspecified atom stereocenters. The van der Waals surface area contributed by atoms with Crippen molar-refractivity contribution >= 4 is 24.3 Å². The van der Waals surface area contributed by atoms with Gasteiger partial charge in [-0.1, -0.05) is 6.92 Å². The molecule has 1 aromatic rings. The molecule has 88 valence electrons. The Morgan fingerprint density at radius 3 is 2.50 bits per heavy atom. The van der Waals surface area contributed by atoms with E-state index >= 15 is 0 Å². The van der Waals surface area contributed by atoms with Gasteiger partial charge in [0.05, 0.1) is 10.9 Å². The first-order valence-corrected chi connectivity index (χ1v) is 5.05. The first-order valence-electron chi connectivity index (χ1n) is 4.41. The minimum atomic E-state index is -1.13. The van der Waals surface area contributed by atoms with Crippen molar-refractivity contribution in [3.05, 3.63) is 34.1 Å². The molecule has 1 heterocycles. The number of carbonyl (C=O) groups excluding carboxylic acids is 1. The molecule has 7 heteroatoms. The molecule has 1 aromatic heterocycles. The van der Waals surface area contributed by atoms with E-state index in [2.05, 4.69) is 17.6 Å². The number of aryl methyl sites for hydroxylation is 1. The number of pyridine rings is 1. The number of aliphatic carboxylic acids is 1. The van der Waals surface area contributed by atoms with Gasteiger partial charge in [0, 0.05) is 18.0 Å². The Bertz CT molecular complexity index is 370. The van der Waals surface area contributed by atoms with Gasteiger partial charge >= 0.3 is 0 Å². The van der Waals surface area contributed by atoms with Gasteiger partial charge in [-0.25, -0.2) is 0 Å². The molecular formula is C9H11N2O4S-. The molecule has 0 aliphatic rings. The predicted molar refractivity (Wildman–Crippen MR) is 59.1 cm³/mol. The van der Waals surface area contributed by atoms with Gasteiger partial charge < -0.3 is 9.90 Å². The maximum Gasteiger partial charge on any atom is 0.290 e. The van der Waals surface area contributed by atoms with Crippen LogP contribution in [0.3, 0.4) is 0 Å². The normalized spacial score (nSPS) is 8.88. The Morgan fingerprint density at radius 2 is 2.19 bits per heavy atom. The summed E-state index contributed by atoms with van der Waals surface area (Å²) in [6, 6.07) is 3.03. The van der Waals surface area contributed by atoms with Gasteiger partial charge in [0.15, 0.2) is 0 Å². The number of rotatable bonds is 3. The number of hydrogen-bond acceptors (Lipinski definition) is 6. The van der Waals surface area contributed by atoms with E-state index in [0.717, 1.165) is 0 Å². The van der Waals surface area contributed by atoms with E-state index in [9.17, 15) is 20.0 Å². The summed E-state index contributed by atoms with van der Waals surface area (Å²) >= 11 is 3.35. The quantitative estimate of drug-likeness (QED) is 0.465. The monoisotopic (exact) mass is 243 g/mol. The van der Waals surface area contributed by atoms with Gasteiger partial charge in [-0.3, -0.25) is 15.1 Å². The third-order valence-corrected chi connectivity index (χ3v) is 1.79. The average molecular weight is 243 g/mol. The molecule has 0 saturated carbocycles. The number of nitrogens with zero attached hydrogens (tertiary/aromatic N) is 2. The van der Waals surface area contributed by atoms with Gasteiger partial charge in [0.25, 0.3) is 5.69 Å². The van der Waals surface area contributed by atoms with Crippen LogP contribution in [0.5, 0.6) is 0 Å². The summed E-state index contributed by atoms with van der Waals surface area (Å²) in [6.07, 6.45) is 2.16. The summed E-state index contributed by atoms with van der Waals surface area (Å²) in [5.41, 5.74) is 0.646. The van der Waals surface area contributed by atoms with E-state index in [1.807, 2.05) is 6.92 Å². The van der Waals surface area contributed by atoms with E-state index in [1.165, 1.54) is 6.07 Å². The fourth-order valence-corrected chi connectivity index (χ4v) is 0.868. The van der Waals surface area contributed by atoms with Gasteiger partial charge in [-0.05, 0) is 12.5 Å². The Hall–Kier alpha value is -1.63. The number of nitro groups is 1. The van der Waals surface area contributed by atoms with Crippen molar-refractivity contribution in [2.45, 2.75) is 13.3 Å². The zero-order valence-electron chi connectivity index (χ0n) is 8.62. The SMILES string of the molecule is CCc1ncccc1[N+](=O)[O-].O=C([O-])CS. The van der Waals surface area contributed by atoms with Crippen LogP contribution in [0, 0.1) is 10.1 Å². The van der Waals surface area contributed by atoms with Crippen molar-refractivity contribution in [3.63, 3.8) is 0 Å². The Balaban J connectivity index is 0.000000385. The van der Waals surface area contributed by atoms with Crippen molar-refractivity contribution in [3.8, 4) is 0 Å². The van der Waals surface area contributed by atoms with E-state index in [4.69, 9.17) is 0 Å². The van der Waals surface area contributed by atoms with Crippen molar-refractivity contribution in [2.75, 3.05) is 5.75 Å². The largest absolute Gasteiger partial charge is 0.549 e. The molecule has 0 saturated heterocycles. The van der Waals surface area contributed by atoms with Crippen molar-refractivity contribution < 1.29 is 14.8 Å². The maximum atomic E-state index is 10.3. The average Bonchev–Trinajstić information content (AvgIpc) is 2.29. The lowest BCUT2D eigenvalue weighted by Gasteiger charge is -1.95. The number of aromatic nitrogens is 1. The minimum absolute atomic E-state index is 0.106. The minimum Gasteiger partial charge on any atom is -0.549 e. The maximum absolute atomic E-state index is 10.3. The van der Waals surface area contributed by atoms with Crippen molar-refractivity contribution in [1.82, 2.24) is 4.98 Å². The van der Waals surface area contributed by atoms with E-state index in [1.54, 1.807) is 12.3 Å². The highest BCUT2D eigenvalue weighted by Gasteiger charge is 2.10. The van der Waals surface area contributed by atoms with Crippen LogP contribution < -0.4 is 5.11 Å². The van der Waals surface area contributed by atoms with Gasteiger partial charge in [0.1, 0.15) is 5.69 Å². The highest BCUT2D eigenvalue weighted by molar-refractivity contribution is 7.81. The molecule has 6 nitrogen and oxygen atoms in total. The summed E-state index contributed by atoms with van der Waals surface area (Å²) < 4.78 is 0. The topological polar surface area (TPSA) is 96.2 Å². The highest BCUT2D eigenvalue weighted by atomic mass is 32.1. The van der Waals surface area contributed by atoms with Crippen LogP contribution in [-0.2, 0) is 11.2 Å². The molecule has 0 atom stereocenters. The van der Waals surface area contributed by atoms with Gasteiger partial charge in [-0.2, -0.15) is 12.6 Å². The van der Waals surface area contributed by atoms with E-state index < -0.39 is 10.9 Å². The first-order chi connectivity index (χ1) is 7.52. The molecule has 0 fully saturated rings. The Kier molecular flexibility index (Phi) is 6.86. The lowest BCUT2D eigenvalue weighted by Crippen LogP contribution is -2.23. The number of carbonyl (C=O) groups is 1. The van der Waals surface area contributed by atoms with E-state index in [0.29, 0.717) is 12.1 Å². The summed E-state index contributed by atoms with van der Waals surface area (Å²) in [6.45, 7) is 1.84. The second-order valence-electron chi connectivity index (χ2n) is 2.61. The molecule has 0 aromatic carbocycles. The molecule has 0 aliphatic carbocycles. The zero-order chi connectivity index (χ0) is 12.6. The van der Waals surface area contributed by atoms with Crippen LogP contribution in [0.25, 0.3) is 0 Å². The zero-order valence-corrected chi connectivity index (χ0v) is 9.52. The molecule has 0 radical (unpaired) electrons. The number of hydrogen-bond donors (Lipinski definition) is 1. The fraction of sp³-hybridized carbons (Fsp3) is 0.333. The highest BCUT2D eigenvalue weighted by Crippen LogP contribution is 2.14. The second-order valence-corrected chi connectivity index (χ2v) is 2.93. The number of carboxylic acids is 1. The molecule has 0 N–H and O–H groups in total. The van der Waals surface area contributed by atoms with Crippen LogP contribution >= 0.6 is 12.6 Å². The van der Waals surface area contributed by atoms with Crippen LogP contribution in [-0.4, -0.2) is 21.6 Å². The number of carboxylic acid groups (broad SMARTS) is 1. The van der Waals surface area contributed by atoms with Crippen LogP contribution in [0.15, 0.2) is 18.3 Å². The van der Waals surface area contributed by atoms with Crippen LogP contribution in [0.2, 0.25) is 0 Å². The smallest absolute Gasteiger partial charge is 0.290 e. The summed E-state index contributed by atoms with van der Waals surface area (Å²) in [5.74, 6) is -1.33. The Morgan fingerprint density at radius 1 is 1.62 bits per heavy atom. The van der Waals surface area contributed by atoms with Gasteiger partial charge in [0.2, 0.25) is 0 Å². The standard InChI is InChI=1S/C7H8N2O2.C2H4O2S/c1-2-6-7(9(10)11)4-3-5-8-6;3-2(4)1-5/h3-5H,2H2,1H3;5H,1H2,(H,3,4)/p-1. The van der Waals surface area contributed by atoms with Crippen molar-refractivity contribution in [1.29, 1.82) is 0 Å². The van der Waals surface area contributed by atoms with Crippen LogP contribution in [0.1, 0.15) is 12.6 Å². The lowest BCUT2D eigenvalue weighted by atomic mass is 10.2. The van der Waals surface area contributed by atoms with Crippen LogP contribution in [0.4, 0.5) is 5.69 Å². The second kappa shape index (κ2) is 7.63. The molecule has 0 spiro atoms. The van der Waals surface area contributed by atoms with E-state index in [-0.39, 0.29) is 11.4 Å². The molecule has 1 rings (SSSR count). The summed E-state index contributed by atoms with van der Waals surface area (Å²) in [7, 11) is 0. The Labute approximate surface area is 97.9 Å².